The highest BCUT2D eigenvalue weighted by atomic mass is 32.2. The number of nitrogens with zero attached hydrogens (tertiary/aromatic N) is 3. The zero-order valence-electron chi connectivity index (χ0n) is 13.7. The summed E-state index contributed by atoms with van der Waals surface area (Å²) in [5.41, 5.74) is 7.73. The minimum absolute atomic E-state index is 0.179. The van der Waals surface area contributed by atoms with Crippen molar-refractivity contribution >= 4 is 29.3 Å². The van der Waals surface area contributed by atoms with Crippen LogP contribution < -0.4 is 11.1 Å². The molecule has 128 valence electrons. The lowest BCUT2D eigenvalue weighted by Gasteiger charge is -2.12. The maximum absolute atomic E-state index is 13.0. The van der Waals surface area contributed by atoms with Crippen molar-refractivity contribution in [3.8, 4) is 0 Å². The molecule has 25 heavy (non-hydrogen) atoms. The van der Waals surface area contributed by atoms with E-state index in [0.29, 0.717) is 17.5 Å². The number of para-hydroxylation sites is 1. The van der Waals surface area contributed by atoms with Crippen LogP contribution in [0.3, 0.4) is 0 Å². The quantitative estimate of drug-likeness (QED) is 0.685. The van der Waals surface area contributed by atoms with Gasteiger partial charge in [0.2, 0.25) is 11.9 Å². The molecule has 7 heteroatoms. The molecular weight excluding hydrogens is 337 g/mol. The van der Waals surface area contributed by atoms with Crippen LogP contribution in [0.4, 0.5) is 22.0 Å². The fraction of sp³-hybridized carbons (Fsp3) is 0.167. The number of hydrogen-bond acceptors (Lipinski definition) is 6. The van der Waals surface area contributed by atoms with Gasteiger partial charge in [0.1, 0.15) is 11.6 Å². The molecule has 3 rings (SSSR count). The molecule has 0 fully saturated rings. The first-order valence-corrected chi connectivity index (χ1v) is 8.84. The fourth-order valence-corrected chi connectivity index (χ4v) is 3.12. The molecule has 0 amide bonds. The summed E-state index contributed by atoms with van der Waals surface area (Å²) in [4.78, 5) is 12.7. The van der Waals surface area contributed by atoms with Gasteiger partial charge in [0.05, 0.1) is 5.75 Å². The molecule has 3 N–H and O–H groups in total. The third kappa shape index (κ3) is 4.90. The summed E-state index contributed by atoms with van der Waals surface area (Å²) in [6.07, 6.45) is 0. The highest BCUT2D eigenvalue weighted by molar-refractivity contribution is 7.98. The minimum atomic E-state index is -0.234. The Labute approximate surface area is 149 Å². The number of nitrogen functional groups attached to an aromatic ring is 1. The molecule has 1 aromatic heterocycles. The predicted octanol–water partition coefficient (Wildman–Crippen LogP) is 4.33. The Kier molecular flexibility index (Phi) is 5.45. The maximum atomic E-state index is 13.0. The molecule has 1 unspecified atom stereocenters. The molecule has 2 aromatic carbocycles. The van der Waals surface area contributed by atoms with Gasteiger partial charge in [0.25, 0.3) is 0 Å². The van der Waals surface area contributed by atoms with Crippen LogP contribution >= 0.6 is 11.8 Å². The fourth-order valence-electron chi connectivity index (χ4n) is 2.24. The Morgan fingerprint density at radius 2 is 1.76 bits per heavy atom. The van der Waals surface area contributed by atoms with E-state index in [4.69, 9.17) is 5.73 Å². The summed E-state index contributed by atoms with van der Waals surface area (Å²) in [6.45, 7) is 2.06. The molecule has 1 heterocycles. The van der Waals surface area contributed by atoms with Crippen molar-refractivity contribution in [1.29, 1.82) is 0 Å². The van der Waals surface area contributed by atoms with Gasteiger partial charge in [-0.3, -0.25) is 0 Å². The number of aromatic nitrogens is 3. The SMILES string of the molecule is CC(SCc1nc(N)nc(Nc2ccccc2)n1)c1ccc(F)cc1. The number of halogens is 1. The molecular formula is C18H18FN5S. The number of benzene rings is 2. The highest BCUT2D eigenvalue weighted by Crippen LogP contribution is 2.30. The maximum Gasteiger partial charge on any atom is 0.232 e. The molecule has 5 nitrogen and oxygen atoms in total. The van der Waals surface area contributed by atoms with E-state index in [0.717, 1.165) is 11.3 Å². The van der Waals surface area contributed by atoms with Crippen LogP contribution in [0.1, 0.15) is 23.6 Å². The van der Waals surface area contributed by atoms with Crippen molar-refractivity contribution in [3.63, 3.8) is 0 Å². The summed E-state index contributed by atoms with van der Waals surface area (Å²) in [6, 6.07) is 16.1. The second-order valence-electron chi connectivity index (χ2n) is 5.43. The standard InChI is InChI=1S/C18H18FN5S/c1-12(13-7-9-14(19)10-8-13)25-11-16-22-17(20)24-18(23-16)21-15-5-3-2-4-6-15/h2-10,12H,11H2,1H3,(H3,20,21,22,23,24). The van der Waals surface area contributed by atoms with Crippen molar-refractivity contribution in [3.05, 3.63) is 71.8 Å². The average Bonchev–Trinajstić information content (AvgIpc) is 2.61. The lowest BCUT2D eigenvalue weighted by Crippen LogP contribution is -2.06. The van der Waals surface area contributed by atoms with Crippen molar-refractivity contribution in [2.24, 2.45) is 0 Å². The molecule has 0 aliphatic carbocycles. The van der Waals surface area contributed by atoms with E-state index in [1.54, 1.807) is 23.9 Å². The average molecular weight is 355 g/mol. The number of nitrogens with one attached hydrogen (secondary N) is 1. The van der Waals surface area contributed by atoms with Gasteiger partial charge in [0, 0.05) is 10.9 Å². The third-order valence-corrected chi connectivity index (χ3v) is 4.73. The van der Waals surface area contributed by atoms with Gasteiger partial charge in [-0.15, -0.1) is 11.8 Å². The Hall–Kier alpha value is -2.67. The van der Waals surface area contributed by atoms with E-state index in [1.165, 1.54) is 12.1 Å². The first-order valence-electron chi connectivity index (χ1n) is 7.80. The largest absolute Gasteiger partial charge is 0.368 e. The number of nitrogens with two attached hydrogens (primary N) is 1. The van der Waals surface area contributed by atoms with Crippen molar-refractivity contribution in [1.82, 2.24) is 15.0 Å². The van der Waals surface area contributed by atoms with E-state index < -0.39 is 0 Å². The Balaban J connectivity index is 1.67. The van der Waals surface area contributed by atoms with Crippen LogP contribution in [0.15, 0.2) is 54.6 Å². The van der Waals surface area contributed by atoms with Crippen molar-refractivity contribution < 1.29 is 4.39 Å². The molecule has 0 saturated heterocycles. The predicted molar refractivity (Wildman–Crippen MR) is 100 cm³/mol. The zero-order chi connectivity index (χ0) is 17.6. The van der Waals surface area contributed by atoms with Crippen LogP contribution in [0.2, 0.25) is 0 Å². The summed E-state index contributed by atoms with van der Waals surface area (Å²) in [5.74, 6) is 1.55. The molecule has 0 aliphatic heterocycles. The molecule has 0 saturated carbocycles. The van der Waals surface area contributed by atoms with Crippen molar-refractivity contribution in [2.45, 2.75) is 17.9 Å². The zero-order valence-corrected chi connectivity index (χ0v) is 14.5. The van der Waals surface area contributed by atoms with E-state index in [2.05, 4.69) is 27.2 Å². The molecule has 0 bridgehead atoms. The van der Waals surface area contributed by atoms with Gasteiger partial charge in [-0.2, -0.15) is 15.0 Å². The summed E-state index contributed by atoms with van der Waals surface area (Å²) < 4.78 is 13.0. The topological polar surface area (TPSA) is 76.7 Å². The van der Waals surface area contributed by atoms with E-state index in [1.807, 2.05) is 30.3 Å². The van der Waals surface area contributed by atoms with Gasteiger partial charge >= 0.3 is 0 Å². The second kappa shape index (κ2) is 7.94. The number of anilines is 3. The molecule has 0 radical (unpaired) electrons. The lowest BCUT2D eigenvalue weighted by molar-refractivity contribution is 0.627. The van der Waals surface area contributed by atoms with Crippen LogP contribution in [0.25, 0.3) is 0 Å². The van der Waals surface area contributed by atoms with E-state index in [9.17, 15) is 4.39 Å². The first kappa shape index (κ1) is 17.2. The van der Waals surface area contributed by atoms with Gasteiger partial charge in [-0.25, -0.2) is 4.39 Å². The molecule has 1 atom stereocenters. The summed E-state index contributed by atoms with van der Waals surface area (Å²) in [5, 5.41) is 3.30. The van der Waals surface area contributed by atoms with Crippen LogP contribution in [-0.4, -0.2) is 15.0 Å². The summed E-state index contributed by atoms with van der Waals surface area (Å²) >= 11 is 1.65. The lowest BCUT2D eigenvalue weighted by atomic mass is 10.2. The molecule has 3 aromatic rings. The van der Waals surface area contributed by atoms with Crippen LogP contribution in [0.5, 0.6) is 0 Å². The van der Waals surface area contributed by atoms with Gasteiger partial charge < -0.3 is 11.1 Å². The van der Waals surface area contributed by atoms with Gasteiger partial charge in [-0.1, -0.05) is 30.3 Å². The summed E-state index contributed by atoms with van der Waals surface area (Å²) in [7, 11) is 0. The number of thioether (sulfide) groups is 1. The van der Waals surface area contributed by atoms with Gasteiger partial charge in [-0.05, 0) is 36.8 Å². The first-order chi connectivity index (χ1) is 12.1. The monoisotopic (exact) mass is 355 g/mol. The normalized spacial score (nSPS) is 11.9. The van der Waals surface area contributed by atoms with Crippen molar-refractivity contribution in [2.75, 3.05) is 11.1 Å². The molecule has 0 spiro atoms. The van der Waals surface area contributed by atoms with E-state index >= 15 is 0 Å². The third-order valence-electron chi connectivity index (χ3n) is 3.53. The van der Waals surface area contributed by atoms with Gasteiger partial charge in [0.15, 0.2) is 0 Å². The second-order valence-corrected chi connectivity index (χ2v) is 6.76. The smallest absolute Gasteiger partial charge is 0.232 e. The Morgan fingerprint density at radius 1 is 1.04 bits per heavy atom. The Bertz CT molecular complexity index is 827. The molecule has 0 aliphatic rings. The number of hydrogen-bond donors (Lipinski definition) is 2. The number of rotatable bonds is 6. The van der Waals surface area contributed by atoms with E-state index in [-0.39, 0.29) is 17.0 Å². The van der Waals surface area contributed by atoms with Crippen LogP contribution in [-0.2, 0) is 5.75 Å². The van der Waals surface area contributed by atoms with Crippen LogP contribution in [0, 0.1) is 5.82 Å². The minimum Gasteiger partial charge on any atom is -0.368 e. The highest BCUT2D eigenvalue weighted by Gasteiger charge is 2.10. The Morgan fingerprint density at radius 3 is 2.48 bits per heavy atom.